The normalized spacial score (nSPS) is 18.9. The lowest BCUT2D eigenvalue weighted by Gasteiger charge is -2.33. The topological polar surface area (TPSA) is 79.5 Å². The fraction of sp³-hybridized carbons (Fsp3) is 0.619. The molecular formula is C21H30N4O3S. The summed E-state index contributed by atoms with van der Waals surface area (Å²) in [5.74, 6) is 1.82. The molecule has 7 nitrogen and oxygen atoms in total. The van der Waals surface area contributed by atoms with Crippen molar-refractivity contribution in [2.24, 2.45) is 5.92 Å². The van der Waals surface area contributed by atoms with Gasteiger partial charge in [0, 0.05) is 32.6 Å². The van der Waals surface area contributed by atoms with Gasteiger partial charge in [-0.25, -0.2) is 8.42 Å². The molecule has 8 heteroatoms. The molecular weight excluding hydrogens is 388 g/mol. The van der Waals surface area contributed by atoms with Gasteiger partial charge < -0.3 is 4.52 Å². The molecule has 0 saturated carbocycles. The summed E-state index contributed by atoms with van der Waals surface area (Å²) in [4.78, 5) is 7.07. The predicted octanol–water partition coefficient (Wildman–Crippen LogP) is 2.65. The molecule has 29 heavy (non-hydrogen) atoms. The van der Waals surface area contributed by atoms with Crippen LogP contribution in [-0.2, 0) is 35.8 Å². The zero-order valence-electron chi connectivity index (χ0n) is 17.3. The number of aromatic nitrogens is 2. The lowest BCUT2D eigenvalue weighted by molar-refractivity contribution is 0.176. The fourth-order valence-electron chi connectivity index (χ4n) is 4.13. The zero-order valence-corrected chi connectivity index (χ0v) is 18.1. The van der Waals surface area contributed by atoms with Crippen LogP contribution < -0.4 is 0 Å². The van der Waals surface area contributed by atoms with E-state index in [-0.39, 0.29) is 0 Å². The molecule has 0 amide bonds. The fourth-order valence-corrected chi connectivity index (χ4v) is 5.61. The number of nitrogens with zero attached hydrogens (tertiary/aromatic N) is 4. The minimum absolute atomic E-state index is 0.433. The Hall–Kier alpha value is -1.77. The molecule has 0 N–H and O–H groups in total. The predicted molar refractivity (Wildman–Crippen MR) is 110 cm³/mol. The molecule has 1 aromatic heterocycles. The van der Waals surface area contributed by atoms with Crippen LogP contribution in [0, 0.1) is 5.92 Å². The summed E-state index contributed by atoms with van der Waals surface area (Å²) in [6.45, 7) is 7.12. The molecule has 2 aliphatic rings. The Kier molecular flexibility index (Phi) is 6.03. The molecule has 2 aromatic rings. The summed E-state index contributed by atoms with van der Waals surface area (Å²) >= 11 is 0. The summed E-state index contributed by atoms with van der Waals surface area (Å²) in [7, 11) is -3.44. The van der Waals surface area contributed by atoms with Crippen LogP contribution in [0.15, 0.2) is 27.6 Å². The number of hydrogen-bond donors (Lipinski definition) is 0. The monoisotopic (exact) mass is 418 g/mol. The number of piperazine rings is 1. The lowest BCUT2D eigenvalue weighted by Crippen LogP contribution is -2.48. The quantitative estimate of drug-likeness (QED) is 0.718. The Labute approximate surface area is 173 Å². The second-order valence-corrected chi connectivity index (χ2v) is 10.5. The third-order valence-electron chi connectivity index (χ3n) is 5.75. The molecule has 1 aliphatic carbocycles. The summed E-state index contributed by atoms with van der Waals surface area (Å²) in [6, 6.07) is 5.68. The van der Waals surface area contributed by atoms with Crippen molar-refractivity contribution < 1.29 is 12.9 Å². The third-order valence-corrected chi connectivity index (χ3v) is 7.64. The summed E-state index contributed by atoms with van der Waals surface area (Å²) in [5.41, 5.74) is 2.50. The molecule has 0 radical (unpaired) electrons. The van der Waals surface area contributed by atoms with Crippen LogP contribution in [0.4, 0.5) is 0 Å². The van der Waals surface area contributed by atoms with Crippen molar-refractivity contribution in [1.29, 1.82) is 0 Å². The minimum atomic E-state index is -3.44. The van der Waals surface area contributed by atoms with E-state index in [0.29, 0.717) is 55.3 Å². The maximum atomic E-state index is 13.1. The molecule has 2 heterocycles. The van der Waals surface area contributed by atoms with Gasteiger partial charge >= 0.3 is 0 Å². The highest BCUT2D eigenvalue weighted by atomic mass is 32.2. The first-order valence-corrected chi connectivity index (χ1v) is 12.0. The van der Waals surface area contributed by atoms with Crippen molar-refractivity contribution in [1.82, 2.24) is 19.3 Å². The van der Waals surface area contributed by atoms with Gasteiger partial charge in [0.2, 0.25) is 15.9 Å². The van der Waals surface area contributed by atoms with Crippen molar-refractivity contribution in [2.75, 3.05) is 26.2 Å². The summed E-state index contributed by atoms with van der Waals surface area (Å²) in [6.07, 6.45) is 5.16. The average Bonchev–Trinajstić information content (AvgIpc) is 3.14. The van der Waals surface area contributed by atoms with E-state index in [1.54, 1.807) is 10.4 Å². The molecule has 0 bridgehead atoms. The number of rotatable bonds is 6. The maximum absolute atomic E-state index is 13.1. The highest BCUT2D eigenvalue weighted by Gasteiger charge is 2.29. The van der Waals surface area contributed by atoms with Gasteiger partial charge in [0.15, 0.2) is 5.82 Å². The van der Waals surface area contributed by atoms with Gasteiger partial charge in [0.25, 0.3) is 0 Å². The Balaban J connectivity index is 1.37. The van der Waals surface area contributed by atoms with E-state index in [1.807, 2.05) is 12.1 Å². The number of aryl methyl sites for hydroxylation is 2. The second kappa shape index (κ2) is 8.53. The van der Waals surface area contributed by atoms with Gasteiger partial charge in [-0.1, -0.05) is 25.1 Å². The minimum Gasteiger partial charge on any atom is -0.339 e. The van der Waals surface area contributed by atoms with Crippen LogP contribution in [0.2, 0.25) is 0 Å². The van der Waals surface area contributed by atoms with E-state index in [0.717, 1.165) is 25.7 Å². The summed E-state index contributed by atoms with van der Waals surface area (Å²) in [5, 5.41) is 4.06. The largest absolute Gasteiger partial charge is 0.339 e. The highest BCUT2D eigenvalue weighted by molar-refractivity contribution is 7.89. The molecule has 4 rings (SSSR count). The van der Waals surface area contributed by atoms with Crippen LogP contribution in [0.25, 0.3) is 0 Å². The molecule has 1 aliphatic heterocycles. The van der Waals surface area contributed by atoms with Crippen LogP contribution in [0.3, 0.4) is 0 Å². The number of sulfonamides is 1. The van der Waals surface area contributed by atoms with Crippen LogP contribution in [-0.4, -0.2) is 53.9 Å². The van der Waals surface area contributed by atoms with E-state index in [9.17, 15) is 8.42 Å². The van der Waals surface area contributed by atoms with Gasteiger partial charge in [0.1, 0.15) is 0 Å². The van der Waals surface area contributed by atoms with E-state index in [2.05, 4.69) is 28.9 Å². The van der Waals surface area contributed by atoms with Crippen molar-refractivity contribution >= 4 is 10.0 Å². The van der Waals surface area contributed by atoms with Crippen molar-refractivity contribution in [3.63, 3.8) is 0 Å². The maximum Gasteiger partial charge on any atom is 0.243 e. The van der Waals surface area contributed by atoms with Gasteiger partial charge in [-0.3, -0.25) is 4.90 Å². The van der Waals surface area contributed by atoms with Gasteiger partial charge in [-0.05, 0) is 54.9 Å². The van der Waals surface area contributed by atoms with Crippen LogP contribution in [0.5, 0.6) is 0 Å². The van der Waals surface area contributed by atoms with Gasteiger partial charge in [-0.15, -0.1) is 0 Å². The second-order valence-electron chi connectivity index (χ2n) is 8.52. The molecule has 0 unspecified atom stereocenters. The highest BCUT2D eigenvalue weighted by Crippen LogP contribution is 2.26. The lowest BCUT2D eigenvalue weighted by atomic mass is 9.92. The zero-order chi connectivity index (χ0) is 20.4. The molecule has 1 fully saturated rings. The van der Waals surface area contributed by atoms with Crippen molar-refractivity contribution in [2.45, 2.75) is 57.4 Å². The first kappa shape index (κ1) is 20.5. The Morgan fingerprint density at radius 3 is 2.52 bits per heavy atom. The third kappa shape index (κ3) is 4.70. The Morgan fingerprint density at radius 1 is 1.07 bits per heavy atom. The molecule has 0 spiro atoms. The standard InChI is InChI=1S/C21H30N4O3S/c1-16(2)13-21-22-20(23-28-21)15-24-9-11-25(12-10-24)29(26,27)19-8-7-17-5-3-4-6-18(17)14-19/h7-8,14,16H,3-6,9-13,15H2,1-2H3. The summed E-state index contributed by atoms with van der Waals surface area (Å²) < 4.78 is 33.1. The number of fused-ring (bicyclic) bond motifs is 1. The molecule has 1 saturated heterocycles. The van der Waals surface area contributed by atoms with Crippen LogP contribution >= 0.6 is 0 Å². The van der Waals surface area contributed by atoms with E-state index >= 15 is 0 Å². The smallest absolute Gasteiger partial charge is 0.243 e. The average molecular weight is 419 g/mol. The Bertz CT molecular complexity index is 947. The number of hydrogen-bond acceptors (Lipinski definition) is 6. The number of benzene rings is 1. The molecule has 1 aromatic carbocycles. The Morgan fingerprint density at radius 2 is 1.79 bits per heavy atom. The van der Waals surface area contributed by atoms with Crippen molar-refractivity contribution in [3.8, 4) is 0 Å². The van der Waals surface area contributed by atoms with Gasteiger partial charge in [0.05, 0.1) is 11.4 Å². The molecule has 158 valence electrons. The van der Waals surface area contributed by atoms with Crippen LogP contribution in [0.1, 0.15) is 49.5 Å². The first-order chi connectivity index (χ1) is 13.9. The van der Waals surface area contributed by atoms with E-state index in [1.165, 1.54) is 17.5 Å². The first-order valence-electron chi connectivity index (χ1n) is 10.6. The SMILES string of the molecule is CC(C)Cc1nc(CN2CCN(S(=O)(=O)c3ccc4c(c3)CCCC4)CC2)no1. The van der Waals surface area contributed by atoms with Crippen molar-refractivity contribution in [3.05, 3.63) is 41.0 Å². The van der Waals surface area contributed by atoms with E-state index in [4.69, 9.17) is 4.52 Å². The van der Waals surface area contributed by atoms with Gasteiger partial charge in [-0.2, -0.15) is 9.29 Å². The van der Waals surface area contributed by atoms with E-state index < -0.39 is 10.0 Å². The molecule has 0 atom stereocenters.